The zero-order chi connectivity index (χ0) is 12.8. The standard InChI is InChI=1S/C16H26N2/c1-2-15-5-3-4-6-16(15)13-18-11-8-14(7-10-17)9-12-18/h3-6,14H,2,7-13,17H2,1H3. The Morgan fingerprint density at radius 3 is 2.44 bits per heavy atom. The highest BCUT2D eigenvalue weighted by molar-refractivity contribution is 5.26. The van der Waals surface area contributed by atoms with Gasteiger partial charge in [-0.2, -0.15) is 0 Å². The predicted molar refractivity (Wildman–Crippen MR) is 77.5 cm³/mol. The Morgan fingerprint density at radius 2 is 1.83 bits per heavy atom. The first kappa shape index (κ1) is 13.6. The van der Waals surface area contributed by atoms with Crippen molar-refractivity contribution < 1.29 is 0 Å². The minimum atomic E-state index is 0.851. The summed E-state index contributed by atoms with van der Waals surface area (Å²) in [7, 11) is 0. The minimum absolute atomic E-state index is 0.851. The molecular formula is C16H26N2. The first-order chi connectivity index (χ1) is 8.83. The van der Waals surface area contributed by atoms with Crippen LogP contribution < -0.4 is 5.73 Å². The van der Waals surface area contributed by atoms with Crippen LogP contribution in [0.5, 0.6) is 0 Å². The fraction of sp³-hybridized carbons (Fsp3) is 0.625. The summed E-state index contributed by atoms with van der Waals surface area (Å²) in [5, 5.41) is 0. The van der Waals surface area contributed by atoms with E-state index < -0.39 is 0 Å². The molecule has 2 rings (SSSR count). The summed E-state index contributed by atoms with van der Waals surface area (Å²) in [5.74, 6) is 0.868. The fourth-order valence-corrected chi connectivity index (χ4v) is 2.97. The molecule has 2 N–H and O–H groups in total. The minimum Gasteiger partial charge on any atom is -0.330 e. The maximum Gasteiger partial charge on any atom is 0.0236 e. The van der Waals surface area contributed by atoms with E-state index in [0.29, 0.717) is 0 Å². The topological polar surface area (TPSA) is 29.3 Å². The number of nitrogens with zero attached hydrogens (tertiary/aromatic N) is 1. The van der Waals surface area contributed by atoms with Crippen molar-refractivity contribution in [3.05, 3.63) is 35.4 Å². The molecule has 1 aromatic carbocycles. The predicted octanol–water partition coefficient (Wildman–Crippen LogP) is 2.81. The van der Waals surface area contributed by atoms with Crippen molar-refractivity contribution in [3.8, 4) is 0 Å². The van der Waals surface area contributed by atoms with Crippen molar-refractivity contribution in [3.63, 3.8) is 0 Å². The van der Waals surface area contributed by atoms with Crippen LogP contribution in [0.25, 0.3) is 0 Å². The van der Waals surface area contributed by atoms with Crippen LogP contribution in [0.1, 0.15) is 37.3 Å². The van der Waals surface area contributed by atoms with Gasteiger partial charge in [-0.25, -0.2) is 0 Å². The normalized spacial score (nSPS) is 18.1. The Hall–Kier alpha value is -0.860. The van der Waals surface area contributed by atoms with Gasteiger partial charge in [0.1, 0.15) is 0 Å². The summed E-state index contributed by atoms with van der Waals surface area (Å²) in [5.41, 5.74) is 8.65. The molecule has 0 radical (unpaired) electrons. The van der Waals surface area contributed by atoms with Gasteiger partial charge in [0.25, 0.3) is 0 Å². The molecule has 1 heterocycles. The summed E-state index contributed by atoms with van der Waals surface area (Å²) in [6.07, 6.45) is 5.00. The van der Waals surface area contributed by atoms with Gasteiger partial charge in [-0.15, -0.1) is 0 Å². The van der Waals surface area contributed by atoms with Gasteiger partial charge in [0.2, 0.25) is 0 Å². The third kappa shape index (κ3) is 3.56. The molecule has 0 bridgehead atoms. The molecular weight excluding hydrogens is 220 g/mol. The van der Waals surface area contributed by atoms with Gasteiger partial charge in [0, 0.05) is 6.54 Å². The number of likely N-dealkylation sites (tertiary alicyclic amines) is 1. The summed E-state index contributed by atoms with van der Waals surface area (Å²) < 4.78 is 0. The molecule has 0 aromatic heterocycles. The number of benzene rings is 1. The van der Waals surface area contributed by atoms with Crippen LogP contribution >= 0.6 is 0 Å². The highest BCUT2D eigenvalue weighted by Crippen LogP contribution is 2.22. The van der Waals surface area contributed by atoms with Crippen molar-refractivity contribution >= 4 is 0 Å². The van der Waals surface area contributed by atoms with E-state index in [9.17, 15) is 0 Å². The number of hydrogen-bond acceptors (Lipinski definition) is 2. The Bertz CT molecular complexity index is 354. The van der Waals surface area contributed by atoms with Crippen LogP contribution in [-0.2, 0) is 13.0 Å². The second kappa shape index (κ2) is 6.91. The molecule has 1 fully saturated rings. The Labute approximate surface area is 111 Å². The number of nitrogens with two attached hydrogens (primary N) is 1. The van der Waals surface area contributed by atoms with E-state index in [4.69, 9.17) is 5.73 Å². The van der Waals surface area contributed by atoms with Gasteiger partial charge in [0.15, 0.2) is 0 Å². The second-order valence-electron chi connectivity index (χ2n) is 5.42. The van der Waals surface area contributed by atoms with E-state index >= 15 is 0 Å². The van der Waals surface area contributed by atoms with Crippen LogP contribution in [0.15, 0.2) is 24.3 Å². The molecule has 0 spiro atoms. The highest BCUT2D eigenvalue weighted by Gasteiger charge is 2.18. The van der Waals surface area contributed by atoms with E-state index in [1.165, 1.54) is 43.5 Å². The smallest absolute Gasteiger partial charge is 0.0236 e. The Balaban J connectivity index is 1.87. The van der Waals surface area contributed by atoms with Crippen LogP contribution in [0, 0.1) is 5.92 Å². The second-order valence-corrected chi connectivity index (χ2v) is 5.42. The summed E-state index contributed by atoms with van der Waals surface area (Å²) in [6.45, 7) is 6.69. The number of hydrogen-bond donors (Lipinski definition) is 1. The first-order valence-electron chi connectivity index (χ1n) is 7.32. The lowest BCUT2D eigenvalue weighted by molar-refractivity contribution is 0.173. The largest absolute Gasteiger partial charge is 0.330 e. The van der Waals surface area contributed by atoms with E-state index in [2.05, 4.69) is 36.1 Å². The molecule has 0 amide bonds. The molecule has 1 aliphatic rings. The van der Waals surface area contributed by atoms with Crippen LogP contribution in [-0.4, -0.2) is 24.5 Å². The lowest BCUT2D eigenvalue weighted by Gasteiger charge is -2.32. The van der Waals surface area contributed by atoms with Crippen LogP contribution in [0.3, 0.4) is 0 Å². The van der Waals surface area contributed by atoms with Crippen molar-refractivity contribution in [2.75, 3.05) is 19.6 Å². The van der Waals surface area contributed by atoms with Gasteiger partial charge in [-0.3, -0.25) is 4.90 Å². The fourth-order valence-electron chi connectivity index (χ4n) is 2.97. The third-order valence-electron chi connectivity index (χ3n) is 4.18. The van der Waals surface area contributed by atoms with E-state index in [-0.39, 0.29) is 0 Å². The van der Waals surface area contributed by atoms with Crippen molar-refractivity contribution in [1.29, 1.82) is 0 Å². The third-order valence-corrected chi connectivity index (χ3v) is 4.18. The zero-order valence-corrected chi connectivity index (χ0v) is 11.6. The monoisotopic (exact) mass is 246 g/mol. The number of piperidine rings is 1. The molecule has 100 valence electrons. The van der Waals surface area contributed by atoms with Crippen LogP contribution in [0.2, 0.25) is 0 Å². The molecule has 1 aliphatic heterocycles. The molecule has 1 aromatic rings. The summed E-state index contributed by atoms with van der Waals surface area (Å²) in [4.78, 5) is 2.60. The Kier molecular flexibility index (Phi) is 5.21. The molecule has 0 unspecified atom stereocenters. The van der Waals surface area contributed by atoms with E-state index in [1.54, 1.807) is 0 Å². The van der Waals surface area contributed by atoms with Gasteiger partial charge >= 0.3 is 0 Å². The highest BCUT2D eigenvalue weighted by atomic mass is 15.1. The molecule has 2 heteroatoms. The van der Waals surface area contributed by atoms with Crippen molar-refractivity contribution in [2.24, 2.45) is 11.7 Å². The lowest BCUT2D eigenvalue weighted by atomic mass is 9.93. The lowest BCUT2D eigenvalue weighted by Crippen LogP contribution is -2.34. The van der Waals surface area contributed by atoms with E-state index in [0.717, 1.165) is 25.4 Å². The van der Waals surface area contributed by atoms with Crippen LogP contribution in [0.4, 0.5) is 0 Å². The number of rotatable bonds is 5. The molecule has 0 atom stereocenters. The zero-order valence-electron chi connectivity index (χ0n) is 11.6. The maximum absolute atomic E-state index is 5.64. The van der Waals surface area contributed by atoms with Gasteiger partial charge in [0.05, 0.1) is 0 Å². The Morgan fingerprint density at radius 1 is 1.17 bits per heavy atom. The average Bonchev–Trinajstić information content (AvgIpc) is 2.42. The van der Waals surface area contributed by atoms with Crippen molar-refractivity contribution in [2.45, 2.75) is 39.2 Å². The maximum atomic E-state index is 5.64. The number of aryl methyl sites for hydroxylation is 1. The van der Waals surface area contributed by atoms with E-state index in [1.807, 2.05) is 0 Å². The molecule has 2 nitrogen and oxygen atoms in total. The van der Waals surface area contributed by atoms with Gasteiger partial charge in [-0.1, -0.05) is 31.2 Å². The first-order valence-corrected chi connectivity index (χ1v) is 7.32. The van der Waals surface area contributed by atoms with Gasteiger partial charge in [-0.05, 0) is 62.4 Å². The SMILES string of the molecule is CCc1ccccc1CN1CCC(CCN)CC1. The summed E-state index contributed by atoms with van der Waals surface area (Å²) >= 11 is 0. The molecule has 0 aliphatic carbocycles. The average molecular weight is 246 g/mol. The van der Waals surface area contributed by atoms with Crippen molar-refractivity contribution in [1.82, 2.24) is 4.90 Å². The van der Waals surface area contributed by atoms with Gasteiger partial charge < -0.3 is 5.73 Å². The summed E-state index contributed by atoms with van der Waals surface area (Å²) in [6, 6.07) is 8.85. The molecule has 0 saturated carbocycles. The quantitative estimate of drug-likeness (QED) is 0.865. The molecule has 1 saturated heterocycles. The molecule has 18 heavy (non-hydrogen) atoms.